The van der Waals surface area contributed by atoms with Gasteiger partial charge in [-0.05, 0) is 38.3 Å². The first-order valence-electron chi connectivity index (χ1n) is 8.31. The van der Waals surface area contributed by atoms with Gasteiger partial charge in [0.05, 0.1) is 0 Å². The second kappa shape index (κ2) is 6.17. The van der Waals surface area contributed by atoms with E-state index in [0.29, 0.717) is 11.6 Å². The van der Waals surface area contributed by atoms with Crippen LogP contribution in [-0.2, 0) is 6.42 Å². The lowest BCUT2D eigenvalue weighted by Crippen LogP contribution is -2.62. The van der Waals surface area contributed by atoms with Gasteiger partial charge in [-0.2, -0.15) is 0 Å². The van der Waals surface area contributed by atoms with Crippen molar-refractivity contribution in [1.29, 1.82) is 0 Å². The van der Waals surface area contributed by atoms with Crippen LogP contribution in [0.3, 0.4) is 0 Å². The van der Waals surface area contributed by atoms with Gasteiger partial charge < -0.3 is 5.32 Å². The second-order valence-corrected chi connectivity index (χ2v) is 7.69. The molecule has 0 amide bonds. The summed E-state index contributed by atoms with van der Waals surface area (Å²) in [5.41, 5.74) is 0.437. The lowest BCUT2D eigenvalue weighted by atomic mass is 9.78. The molecule has 0 radical (unpaired) electrons. The van der Waals surface area contributed by atoms with E-state index in [0.717, 1.165) is 6.54 Å². The van der Waals surface area contributed by atoms with Gasteiger partial charge >= 0.3 is 0 Å². The van der Waals surface area contributed by atoms with E-state index in [-0.39, 0.29) is 0 Å². The maximum atomic E-state index is 3.66. The molecule has 2 fully saturated rings. The van der Waals surface area contributed by atoms with Crippen LogP contribution in [0, 0.1) is 0 Å². The Kier molecular flexibility index (Phi) is 4.49. The Morgan fingerprint density at radius 2 is 2.10 bits per heavy atom. The van der Waals surface area contributed by atoms with Crippen molar-refractivity contribution in [3.8, 4) is 0 Å². The minimum absolute atomic E-state index is 0.437. The summed E-state index contributed by atoms with van der Waals surface area (Å²) in [5.74, 6) is 0. The van der Waals surface area contributed by atoms with E-state index in [2.05, 4.69) is 36.2 Å². The number of hydrogen-bond donors (Lipinski definition) is 1. The summed E-state index contributed by atoms with van der Waals surface area (Å²) in [6.45, 7) is 8.24. The molecule has 2 heterocycles. The van der Waals surface area contributed by atoms with Crippen molar-refractivity contribution >= 4 is 11.3 Å². The van der Waals surface area contributed by atoms with Crippen molar-refractivity contribution in [1.82, 2.24) is 10.2 Å². The number of aryl methyl sites for hydroxylation is 1. The third-order valence-corrected chi connectivity index (χ3v) is 6.69. The van der Waals surface area contributed by atoms with Gasteiger partial charge in [-0.15, -0.1) is 11.3 Å². The summed E-state index contributed by atoms with van der Waals surface area (Å²) >= 11 is 2.02. The molecular weight excluding hydrogens is 264 g/mol. The number of nitrogens with zero attached hydrogens (tertiary/aromatic N) is 1. The highest BCUT2D eigenvalue weighted by Crippen LogP contribution is 2.40. The van der Waals surface area contributed by atoms with E-state index in [9.17, 15) is 0 Å². The standard InChI is InChI=1S/C17H28N2S/c1-3-15-7-8-16(20-15)14(2)19-12-11-18-13-17(19)9-5-4-6-10-17/h7-8,14,18H,3-6,9-13H2,1-2H3. The SMILES string of the molecule is CCc1ccc(C(C)N2CCNCC23CCCCC3)s1. The largest absolute Gasteiger partial charge is 0.314 e. The van der Waals surface area contributed by atoms with Crippen molar-refractivity contribution < 1.29 is 0 Å². The van der Waals surface area contributed by atoms with Crippen LogP contribution in [0.5, 0.6) is 0 Å². The highest BCUT2D eigenvalue weighted by molar-refractivity contribution is 7.12. The summed E-state index contributed by atoms with van der Waals surface area (Å²) in [7, 11) is 0. The molecule has 1 atom stereocenters. The van der Waals surface area contributed by atoms with Crippen molar-refractivity contribution in [2.75, 3.05) is 19.6 Å². The molecule has 1 N–H and O–H groups in total. The zero-order valence-corrected chi connectivity index (χ0v) is 13.8. The Balaban J connectivity index is 1.81. The summed E-state index contributed by atoms with van der Waals surface area (Å²) in [4.78, 5) is 5.92. The van der Waals surface area contributed by atoms with Crippen LogP contribution in [0.2, 0.25) is 0 Å². The second-order valence-electron chi connectivity index (χ2n) is 6.49. The molecule has 1 saturated heterocycles. The van der Waals surface area contributed by atoms with Crippen molar-refractivity contribution in [3.63, 3.8) is 0 Å². The molecular formula is C17H28N2S. The summed E-state index contributed by atoms with van der Waals surface area (Å²) in [5, 5.41) is 3.66. The number of rotatable bonds is 3. The monoisotopic (exact) mass is 292 g/mol. The Labute approximate surface area is 127 Å². The molecule has 0 aromatic carbocycles. The number of piperazine rings is 1. The molecule has 112 valence electrons. The minimum atomic E-state index is 0.437. The Morgan fingerprint density at radius 3 is 2.80 bits per heavy atom. The fourth-order valence-corrected chi connectivity index (χ4v) is 5.12. The minimum Gasteiger partial charge on any atom is -0.314 e. The first-order chi connectivity index (χ1) is 9.75. The molecule has 1 aliphatic carbocycles. The van der Waals surface area contributed by atoms with Crippen LogP contribution in [0.15, 0.2) is 12.1 Å². The van der Waals surface area contributed by atoms with Gasteiger partial charge in [0, 0.05) is 41.0 Å². The molecule has 20 heavy (non-hydrogen) atoms. The van der Waals surface area contributed by atoms with E-state index in [1.807, 2.05) is 11.3 Å². The van der Waals surface area contributed by atoms with Crippen molar-refractivity contribution in [3.05, 3.63) is 21.9 Å². The summed E-state index contributed by atoms with van der Waals surface area (Å²) < 4.78 is 0. The number of nitrogens with one attached hydrogen (secondary N) is 1. The predicted molar refractivity (Wildman–Crippen MR) is 87.5 cm³/mol. The molecule has 2 nitrogen and oxygen atoms in total. The molecule has 3 heteroatoms. The summed E-state index contributed by atoms with van der Waals surface area (Å²) in [6.07, 6.45) is 8.20. The van der Waals surface area contributed by atoms with Gasteiger partial charge in [0.25, 0.3) is 0 Å². The maximum Gasteiger partial charge on any atom is 0.0420 e. The van der Waals surface area contributed by atoms with E-state index in [4.69, 9.17) is 0 Å². The molecule has 1 saturated carbocycles. The average molecular weight is 292 g/mol. The lowest BCUT2D eigenvalue weighted by molar-refractivity contribution is -0.00175. The fraction of sp³-hybridized carbons (Fsp3) is 0.765. The fourth-order valence-electron chi connectivity index (χ4n) is 4.10. The molecule has 2 aliphatic rings. The lowest BCUT2D eigenvalue weighted by Gasteiger charge is -2.52. The topological polar surface area (TPSA) is 15.3 Å². The highest BCUT2D eigenvalue weighted by atomic mass is 32.1. The van der Waals surface area contributed by atoms with Crippen molar-refractivity contribution in [2.24, 2.45) is 0 Å². The van der Waals surface area contributed by atoms with Crippen molar-refractivity contribution in [2.45, 2.75) is 64.0 Å². The molecule has 1 aromatic heterocycles. The zero-order chi connectivity index (χ0) is 14.0. The Morgan fingerprint density at radius 1 is 1.30 bits per heavy atom. The molecule has 1 aromatic rings. The molecule has 1 spiro atoms. The van der Waals surface area contributed by atoms with Crippen LogP contribution in [0.25, 0.3) is 0 Å². The first-order valence-corrected chi connectivity index (χ1v) is 9.13. The van der Waals surface area contributed by atoms with Crippen LogP contribution >= 0.6 is 11.3 Å². The van der Waals surface area contributed by atoms with E-state index < -0.39 is 0 Å². The Hall–Kier alpha value is -0.380. The van der Waals surface area contributed by atoms with Gasteiger partial charge in [0.15, 0.2) is 0 Å². The zero-order valence-electron chi connectivity index (χ0n) is 13.0. The first kappa shape index (κ1) is 14.6. The van der Waals surface area contributed by atoms with Crippen LogP contribution in [0.1, 0.15) is 61.7 Å². The third kappa shape index (κ3) is 2.68. The smallest absolute Gasteiger partial charge is 0.0420 e. The molecule has 1 aliphatic heterocycles. The summed E-state index contributed by atoms with van der Waals surface area (Å²) in [6, 6.07) is 5.28. The maximum absolute atomic E-state index is 3.66. The van der Waals surface area contributed by atoms with Gasteiger partial charge in [-0.3, -0.25) is 4.90 Å². The normalized spacial score (nSPS) is 24.9. The number of hydrogen-bond acceptors (Lipinski definition) is 3. The van der Waals surface area contributed by atoms with E-state index >= 15 is 0 Å². The highest BCUT2D eigenvalue weighted by Gasteiger charge is 2.42. The van der Waals surface area contributed by atoms with Gasteiger partial charge in [0.2, 0.25) is 0 Å². The van der Waals surface area contributed by atoms with Crippen LogP contribution < -0.4 is 5.32 Å². The molecule has 0 bridgehead atoms. The van der Waals surface area contributed by atoms with E-state index in [1.165, 1.54) is 56.5 Å². The van der Waals surface area contributed by atoms with Gasteiger partial charge in [0.1, 0.15) is 0 Å². The predicted octanol–water partition coefficient (Wildman–Crippen LogP) is 3.98. The van der Waals surface area contributed by atoms with Gasteiger partial charge in [-0.1, -0.05) is 26.2 Å². The van der Waals surface area contributed by atoms with Crippen LogP contribution in [-0.4, -0.2) is 30.1 Å². The molecule has 1 unspecified atom stereocenters. The van der Waals surface area contributed by atoms with Gasteiger partial charge in [-0.25, -0.2) is 0 Å². The van der Waals surface area contributed by atoms with Crippen LogP contribution in [0.4, 0.5) is 0 Å². The molecule has 3 rings (SSSR count). The third-order valence-electron chi connectivity index (χ3n) is 5.29. The average Bonchev–Trinajstić information content (AvgIpc) is 2.97. The van der Waals surface area contributed by atoms with E-state index in [1.54, 1.807) is 4.88 Å². The number of thiophene rings is 1. The quantitative estimate of drug-likeness (QED) is 0.906. The Bertz CT molecular complexity index is 426.